The monoisotopic (exact) mass is 1050 g/mol. The maximum atomic E-state index is 4.97. The molecule has 0 fully saturated rings. The zero-order valence-electron chi connectivity index (χ0n) is 45.3. The van der Waals surface area contributed by atoms with E-state index < -0.39 is 0 Å². The van der Waals surface area contributed by atoms with Gasteiger partial charge in [0.15, 0.2) is 17.5 Å². The molecule has 390 valence electrons. The van der Waals surface area contributed by atoms with Crippen molar-refractivity contribution in [2.45, 2.75) is 18.9 Å². The topological polar surface area (TPSA) is 50.1 Å². The van der Waals surface area contributed by atoms with Gasteiger partial charge in [-0.3, -0.25) is 0 Å². The van der Waals surface area contributed by atoms with E-state index in [0.717, 1.165) is 79.1 Å². The Morgan fingerprint density at radius 1 is 0.341 bits per heavy atom. The van der Waals surface area contributed by atoms with Crippen molar-refractivity contribution in [2.24, 2.45) is 0 Å². The standard InChI is InChI=1S/C76H56N6/c1-76(82(67-28-16-6-17-29-67)68-30-18-7-19-31-68)50-48-57(49-51-76)62-41-47-72-70(53-62)69-52-61(56-38-42-65(43-39-56)80(63-24-12-4-13-25-63)64-26-14-5-15-27-64)40-46-71(69)81(72)66-44-36-55(37-45-66)54-32-34-60(35-33-54)75-78-73(58-20-8-2-9-21-58)77-74(79-75)59-22-10-3-11-23-59/h2-50,52-53H,51H2,1H3. The van der Waals surface area contributed by atoms with Gasteiger partial charge in [-0.15, -0.1) is 0 Å². The molecule has 2 heterocycles. The summed E-state index contributed by atoms with van der Waals surface area (Å²) >= 11 is 0. The molecule has 0 bridgehead atoms. The number of fused-ring (bicyclic) bond motifs is 3. The Morgan fingerprint density at radius 3 is 1.16 bits per heavy atom. The molecular formula is C76H56N6. The minimum absolute atomic E-state index is 0.280. The van der Waals surface area contributed by atoms with Gasteiger partial charge in [0.25, 0.3) is 0 Å². The van der Waals surface area contributed by atoms with Crippen LogP contribution >= 0.6 is 0 Å². The van der Waals surface area contributed by atoms with E-state index in [4.69, 9.17) is 15.0 Å². The fraction of sp³-hybridized carbons (Fsp3) is 0.0395. The SMILES string of the molecule is CC1(N(c2ccccc2)c2ccccc2)C=CC(c2ccc3c(c2)c2cc(-c4ccc(N(c5ccccc5)c5ccccc5)cc4)ccc2n3-c2ccc(-c3ccc(-c4nc(-c5ccccc5)nc(-c5ccccc5)n4)cc3)cc2)=CC1. The largest absolute Gasteiger partial charge is 0.332 e. The molecule has 13 aromatic rings. The molecule has 0 aliphatic heterocycles. The van der Waals surface area contributed by atoms with Gasteiger partial charge in [0.2, 0.25) is 0 Å². The molecule has 0 spiro atoms. The van der Waals surface area contributed by atoms with E-state index in [9.17, 15) is 0 Å². The third-order valence-corrected chi connectivity index (χ3v) is 15.8. The Hall–Kier alpha value is -10.7. The second-order valence-electron chi connectivity index (χ2n) is 21.1. The van der Waals surface area contributed by atoms with E-state index >= 15 is 0 Å². The number of nitrogens with zero attached hydrogens (tertiary/aromatic N) is 6. The summed E-state index contributed by atoms with van der Waals surface area (Å²) in [5, 5.41) is 2.40. The summed E-state index contributed by atoms with van der Waals surface area (Å²) in [5.41, 5.74) is 18.5. The normalized spacial score (nSPS) is 13.9. The van der Waals surface area contributed by atoms with Crippen LogP contribution in [0, 0.1) is 0 Å². The lowest BCUT2D eigenvalue weighted by atomic mass is 9.85. The minimum Gasteiger partial charge on any atom is -0.332 e. The van der Waals surface area contributed by atoms with Crippen molar-refractivity contribution in [1.29, 1.82) is 0 Å². The van der Waals surface area contributed by atoms with Gasteiger partial charge in [0.05, 0.1) is 16.6 Å². The van der Waals surface area contributed by atoms with Crippen molar-refractivity contribution >= 4 is 55.8 Å². The van der Waals surface area contributed by atoms with Crippen LogP contribution in [0.15, 0.2) is 309 Å². The molecule has 11 aromatic carbocycles. The Labute approximate surface area is 478 Å². The zero-order valence-corrected chi connectivity index (χ0v) is 45.3. The number of allylic oxidation sites excluding steroid dienone is 2. The molecule has 0 saturated heterocycles. The molecule has 0 amide bonds. The highest BCUT2D eigenvalue weighted by Crippen LogP contribution is 2.43. The molecule has 0 saturated carbocycles. The van der Waals surface area contributed by atoms with E-state index in [2.05, 4.69) is 270 Å². The maximum absolute atomic E-state index is 4.97. The first-order chi connectivity index (χ1) is 40.5. The second kappa shape index (κ2) is 21.5. The smallest absolute Gasteiger partial charge is 0.164 e. The fourth-order valence-electron chi connectivity index (χ4n) is 11.6. The van der Waals surface area contributed by atoms with Gasteiger partial charge in [-0.1, -0.05) is 212 Å². The Balaban J connectivity index is 0.819. The second-order valence-corrected chi connectivity index (χ2v) is 21.1. The van der Waals surface area contributed by atoms with Gasteiger partial charge >= 0.3 is 0 Å². The molecule has 1 unspecified atom stereocenters. The van der Waals surface area contributed by atoms with E-state index in [1.165, 1.54) is 33.3 Å². The molecule has 0 N–H and O–H groups in total. The first-order valence-electron chi connectivity index (χ1n) is 28.0. The lowest BCUT2D eigenvalue weighted by Gasteiger charge is -2.42. The molecule has 0 radical (unpaired) electrons. The van der Waals surface area contributed by atoms with Crippen molar-refractivity contribution in [3.05, 3.63) is 315 Å². The molecule has 6 nitrogen and oxygen atoms in total. The molecule has 1 aliphatic carbocycles. The predicted molar refractivity (Wildman–Crippen MR) is 341 cm³/mol. The molecule has 1 aliphatic rings. The van der Waals surface area contributed by atoms with Crippen LogP contribution in [0.25, 0.3) is 89.5 Å². The average Bonchev–Trinajstić information content (AvgIpc) is 3.12. The first-order valence-corrected chi connectivity index (χ1v) is 28.0. The van der Waals surface area contributed by atoms with Crippen LogP contribution in [-0.4, -0.2) is 25.1 Å². The van der Waals surface area contributed by atoms with E-state index in [1.54, 1.807) is 0 Å². The van der Waals surface area contributed by atoms with E-state index in [-0.39, 0.29) is 5.54 Å². The van der Waals surface area contributed by atoms with Crippen molar-refractivity contribution in [3.8, 4) is 62.1 Å². The van der Waals surface area contributed by atoms with Crippen molar-refractivity contribution in [3.63, 3.8) is 0 Å². The zero-order chi connectivity index (χ0) is 54.8. The lowest BCUT2D eigenvalue weighted by Crippen LogP contribution is -2.42. The third kappa shape index (κ3) is 9.62. The number of rotatable bonds is 13. The van der Waals surface area contributed by atoms with Gasteiger partial charge in [-0.2, -0.15) is 0 Å². The predicted octanol–water partition coefficient (Wildman–Crippen LogP) is 19.7. The number of hydrogen-bond acceptors (Lipinski definition) is 5. The van der Waals surface area contributed by atoms with Crippen LogP contribution in [0.1, 0.15) is 18.9 Å². The van der Waals surface area contributed by atoms with Crippen molar-refractivity contribution in [2.75, 3.05) is 9.80 Å². The average molecular weight is 1050 g/mol. The summed E-state index contributed by atoms with van der Waals surface area (Å²) in [5.74, 6) is 1.92. The fourth-order valence-corrected chi connectivity index (χ4v) is 11.6. The van der Waals surface area contributed by atoms with Gasteiger partial charge in [0, 0.05) is 61.6 Å². The summed E-state index contributed by atoms with van der Waals surface area (Å²) in [6.07, 6.45) is 7.97. The highest BCUT2D eigenvalue weighted by Gasteiger charge is 2.32. The highest BCUT2D eigenvalue weighted by atomic mass is 15.2. The van der Waals surface area contributed by atoms with Crippen molar-refractivity contribution < 1.29 is 0 Å². The lowest BCUT2D eigenvalue weighted by molar-refractivity contribution is 0.571. The Bertz CT molecular complexity index is 4290. The first kappa shape index (κ1) is 49.6. The van der Waals surface area contributed by atoms with Crippen LogP contribution in [-0.2, 0) is 0 Å². The van der Waals surface area contributed by atoms with Crippen LogP contribution in [0.5, 0.6) is 0 Å². The minimum atomic E-state index is -0.280. The van der Waals surface area contributed by atoms with E-state index in [0.29, 0.717) is 17.5 Å². The van der Waals surface area contributed by atoms with E-state index in [1.807, 2.05) is 60.7 Å². The van der Waals surface area contributed by atoms with Crippen LogP contribution in [0.4, 0.5) is 28.4 Å². The number of benzene rings is 11. The number of para-hydroxylation sites is 4. The van der Waals surface area contributed by atoms with Crippen LogP contribution in [0.2, 0.25) is 0 Å². The van der Waals surface area contributed by atoms with Crippen LogP contribution < -0.4 is 9.80 Å². The van der Waals surface area contributed by atoms with Gasteiger partial charge < -0.3 is 14.4 Å². The van der Waals surface area contributed by atoms with Gasteiger partial charge in [0.1, 0.15) is 0 Å². The van der Waals surface area contributed by atoms with Crippen LogP contribution in [0.3, 0.4) is 0 Å². The molecule has 14 rings (SSSR count). The molecular weight excluding hydrogens is 997 g/mol. The Morgan fingerprint density at radius 2 is 0.695 bits per heavy atom. The van der Waals surface area contributed by atoms with Crippen molar-refractivity contribution in [1.82, 2.24) is 19.5 Å². The van der Waals surface area contributed by atoms with Gasteiger partial charge in [-0.05, 0) is 144 Å². The van der Waals surface area contributed by atoms with Gasteiger partial charge in [-0.25, -0.2) is 15.0 Å². The maximum Gasteiger partial charge on any atom is 0.164 e. The summed E-state index contributed by atoms with van der Waals surface area (Å²) in [4.78, 5) is 19.6. The molecule has 6 heteroatoms. The third-order valence-electron chi connectivity index (χ3n) is 15.8. The quantitative estimate of drug-likeness (QED) is 0.115. The summed E-state index contributed by atoms with van der Waals surface area (Å²) < 4.78 is 2.42. The highest BCUT2D eigenvalue weighted by molar-refractivity contribution is 6.11. The summed E-state index contributed by atoms with van der Waals surface area (Å²) in [7, 11) is 0. The Kier molecular flexibility index (Phi) is 13.0. The molecule has 1 atom stereocenters. The number of hydrogen-bond donors (Lipinski definition) is 0. The summed E-state index contributed by atoms with van der Waals surface area (Å²) in [6.45, 7) is 2.34. The molecule has 2 aromatic heterocycles. The summed E-state index contributed by atoms with van der Waals surface area (Å²) in [6, 6.07) is 103. The molecule has 82 heavy (non-hydrogen) atoms. The number of aromatic nitrogens is 4. The number of anilines is 5.